The Morgan fingerprint density at radius 2 is 2.00 bits per heavy atom. The standard InChI is InChI=1S/C28H35FN2O3/c1-4-12-33-21-7-5-6-19(13-21)22-14-20-16-28(2,3)26(23(20)15-24(22)29)30-27(32)34-25-17-31-10-8-18(25)9-11-31/h5-7,13-15,18,25-26H,4,8-12,16-17H2,1-3H3,(H,30,32)/t25-,26+/m1/s1. The molecule has 1 aliphatic carbocycles. The Labute approximate surface area is 201 Å². The quantitative estimate of drug-likeness (QED) is 0.591. The first kappa shape index (κ1) is 23.2. The van der Waals surface area contributed by atoms with Crippen LogP contribution in [0.1, 0.15) is 57.2 Å². The van der Waals surface area contributed by atoms with Gasteiger partial charge >= 0.3 is 6.09 Å². The Bertz CT molecular complexity index is 1060. The maximum absolute atomic E-state index is 15.4. The Balaban J connectivity index is 1.35. The Morgan fingerprint density at radius 3 is 2.71 bits per heavy atom. The van der Waals surface area contributed by atoms with Crippen LogP contribution in [0.25, 0.3) is 11.1 Å². The Morgan fingerprint density at radius 1 is 1.21 bits per heavy atom. The van der Waals surface area contributed by atoms with E-state index in [0.29, 0.717) is 18.1 Å². The summed E-state index contributed by atoms with van der Waals surface area (Å²) in [6.07, 6.45) is 3.42. The van der Waals surface area contributed by atoms with E-state index < -0.39 is 6.09 Å². The number of nitrogens with one attached hydrogen (secondary N) is 1. The van der Waals surface area contributed by atoms with Crippen molar-refractivity contribution in [2.24, 2.45) is 11.3 Å². The zero-order valence-corrected chi connectivity index (χ0v) is 20.4. The number of rotatable bonds is 6. The van der Waals surface area contributed by atoms with E-state index in [1.54, 1.807) is 6.07 Å². The normalized spacial score (nSPS) is 26.7. The smallest absolute Gasteiger partial charge is 0.407 e. The number of halogens is 1. The molecular weight excluding hydrogens is 431 g/mol. The third-order valence-electron chi connectivity index (χ3n) is 7.70. The molecule has 2 aromatic rings. The third-order valence-corrected chi connectivity index (χ3v) is 7.70. The summed E-state index contributed by atoms with van der Waals surface area (Å²) in [5.41, 5.74) is 3.02. The Kier molecular flexibility index (Phi) is 6.28. The number of carbonyl (C=O) groups excluding carboxylic acids is 1. The third kappa shape index (κ3) is 4.52. The minimum Gasteiger partial charge on any atom is -0.494 e. The number of hydrogen-bond donors (Lipinski definition) is 1. The minimum absolute atomic E-state index is 0.0483. The Hall–Kier alpha value is -2.60. The summed E-state index contributed by atoms with van der Waals surface area (Å²) in [6.45, 7) is 9.94. The van der Waals surface area contributed by atoms with Gasteiger partial charge in [-0.25, -0.2) is 9.18 Å². The molecule has 0 unspecified atom stereocenters. The van der Waals surface area contributed by atoms with Crippen LogP contribution in [0, 0.1) is 17.2 Å². The zero-order valence-electron chi connectivity index (χ0n) is 20.4. The van der Waals surface area contributed by atoms with Gasteiger partial charge in [-0.05, 0) is 91.1 Å². The number of alkyl carbamates (subject to hydrolysis) is 1. The first-order chi connectivity index (χ1) is 16.3. The largest absolute Gasteiger partial charge is 0.494 e. The molecule has 3 aliphatic heterocycles. The van der Waals surface area contributed by atoms with E-state index in [1.165, 1.54) is 0 Å². The summed E-state index contributed by atoms with van der Waals surface area (Å²) >= 11 is 0. The van der Waals surface area contributed by atoms with Crippen LogP contribution < -0.4 is 10.1 Å². The van der Waals surface area contributed by atoms with Gasteiger partial charge in [-0.2, -0.15) is 0 Å². The molecule has 3 saturated heterocycles. The summed E-state index contributed by atoms with van der Waals surface area (Å²) < 4.78 is 27.0. The summed E-state index contributed by atoms with van der Waals surface area (Å²) in [4.78, 5) is 15.2. The van der Waals surface area contributed by atoms with Crippen molar-refractivity contribution < 1.29 is 18.7 Å². The predicted molar refractivity (Wildman–Crippen MR) is 130 cm³/mol. The van der Waals surface area contributed by atoms with Crippen LogP contribution in [0.5, 0.6) is 5.75 Å². The first-order valence-corrected chi connectivity index (χ1v) is 12.6. The lowest BCUT2D eigenvalue weighted by molar-refractivity contribution is -0.0349. The van der Waals surface area contributed by atoms with Crippen LogP contribution in [-0.4, -0.2) is 43.3 Å². The number of benzene rings is 2. The second-order valence-corrected chi connectivity index (χ2v) is 10.7. The van der Waals surface area contributed by atoms with Crippen LogP contribution >= 0.6 is 0 Å². The molecule has 0 aromatic heterocycles. The van der Waals surface area contributed by atoms with Crippen LogP contribution in [0.3, 0.4) is 0 Å². The molecule has 1 amide bonds. The van der Waals surface area contributed by atoms with Crippen molar-refractivity contribution >= 4 is 6.09 Å². The van der Waals surface area contributed by atoms with E-state index in [1.807, 2.05) is 30.3 Å². The monoisotopic (exact) mass is 466 g/mol. The number of nitrogens with zero attached hydrogens (tertiary/aromatic N) is 1. The molecule has 0 spiro atoms. The van der Waals surface area contributed by atoms with E-state index in [-0.39, 0.29) is 23.4 Å². The summed E-state index contributed by atoms with van der Waals surface area (Å²) in [5.74, 6) is 0.910. The molecular formula is C28H35FN2O3. The van der Waals surface area contributed by atoms with Gasteiger partial charge in [-0.15, -0.1) is 0 Å². The molecule has 1 N–H and O–H groups in total. The SMILES string of the molecule is CCCOc1cccc(-c2cc3c(cc2F)[C@H](NC(=O)O[C@@H]2CN4CCC2CC4)C(C)(C)C3)c1. The van der Waals surface area contributed by atoms with Crippen molar-refractivity contribution in [2.75, 3.05) is 26.2 Å². The average molecular weight is 467 g/mol. The van der Waals surface area contributed by atoms with Gasteiger partial charge in [-0.3, -0.25) is 4.90 Å². The molecule has 3 heterocycles. The van der Waals surface area contributed by atoms with Gasteiger partial charge in [-0.1, -0.05) is 32.9 Å². The highest BCUT2D eigenvalue weighted by Crippen LogP contribution is 2.47. The summed E-state index contributed by atoms with van der Waals surface area (Å²) in [6, 6.07) is 10.8. The number of hydrogen-bond acceptors (Lipinski definition) is 4. The van der Waals surface area contributed by atoms with Gasteiger partial charge in [0.1, 0.15) is 17.7 Å². The molecule has 2 atom stereocenters. The first-order valence-electron chi connectivity index (χ1n) is 12.6. The lowest BCUT2D eigenvalue weighted by Gasteiger charge is -2.44. The van der Waals surface area contributed by atoms with Gasteiger partial charge in [0.2, 0.25) is 0 Å². The molecule has 2 aromatic carbocycles. The maximum Gasteiger partial charge on any atom is 0.407 e. The topological polar surface area (TPSA) is 50.8 Å². The van der Waals surface area contributed by atoms with E-state index in [0.717, 1.165) is 67.8 Å². The van der Waals surface area contributed by atoms with Crippen molar-refractivity contribution in [3.8, 4) is 16.9 Å². The van der Waals surface area contributed by atoms with E-state index in [2.05, 4.69) is 31.0 Å². The number of carbonyl (C=O) groups is 1. The van der Waals surface area contributed by atoms with E-state index in [9.17, 15) is 4.79 Å². The van der Waals surface area contributed by atoms with Crippen LogP contribution in [0.4, 0.5) is 9.18 Å². The van der Waals surface area contributed by atoms with Crippen molar-refractivity contribution in [3.63, 3.8) is 0 Å². The van der Waals surface area contributed by atoms with Crippen molar-refractivity contribution in [3.05, 3.63) is 53.3 Å². The van der Waals surface area contributed by atoms with Crippen LogP contribution in [0.15, 0.2) is 36.4 Å². The number of amides is 1. The number of piperidine rings is 3. The minimum atomic E-state index is -0.394. The molecule has 6 heteroatoms. The zero-order chi connectivity index (χ0) is 23.9. The predicted octanol–water partition coefficient (Wildman–Crippen LogP) is 5.73. The summed E-state index contributed by atoms with van der Waals surface area (Å²) in [7, 11) is 0. The molecule has 3 fully saturated rings. The van der Waals surface area contributed by atoms with E-state index in [4.69, 9.17) is 9.47 Å². The van der Waals surface area contributed by atoms with Gasteiger partial charge in [0.15, 0.2) is 0 Å². The summed E-state index contributed by atoms with van der Waals surface area (Å²) in [5, 5.41) is 3.08. The number of ether oxygens (including phenoxy) is 2. The molecule has 2 bridgehead atoms. The maximum atomic E-state index is 15.4. The van der Waals surface area contributed by atoms with Gasteiger partial charge in [0.25, 0.3) is 0 Å². The number of fused-ring (bicyclic) bond motifs is 4. The van der Waals surface area contributed by atoms with Crippen LogP contribution in [0.2, 0.25) is 0 Å². The van der Waals surface area contributed by atoms with Crippen molar-refractivity contribution in [1.82, 2.24) is 10.2 Å². The molecule has 4 aliphatic rings. The van der Waals surface area contributed by atoms with Crippen LogP contribution in [-0.2, 0) is 11.2 Å². The fraction of sp³-hybridized carbons (Fsp3) is 0.536. The fourth-order valence-electron chi connectivity index (χ4n) is 5.87. The molecule has 0 radical (unpaired) electrons. The van der Waals surface area contributed by atoms with Gasteiger partial charge in [0, 0.05) is 12.1 Å². The van der Waals surface area contributed by atoms with Crippen molar-refractivity contribution in [1.29, 1.82) is 0 Å². The highest BCUT2D eigenvalue weighted by Gasteiger charge is 2.42. The van der Waals surface area contributed by atoms with Gasteiger partial charge < -0.3 is 14.8 Å². The second kappa shape index (κ2) is 9.21. The second-order valence-electron chi connectivity index (χ2n) is 10.7. The average Bonchev–Trinajstić information content (AvgIpc) is 3.06. The van der Waals surface area contributed by atoms with Gasteiger partial charge in [0.05, 0.1) is 12.6 Å². The lowest BCUT2D eigenvalue weighted by atomic mass is 9.85. The molecule has 5 nitrogen and oxygen atoms in total. The fourth-order valence-corrected chi connectivity index (χ4v) is 5.87. The highest BCUT2D eigenvalue weighted by atomic mass is 19.1. The molecule has 6 rings (SSSR count). The lowest BCUT2D eigenvalue weighted by Crippen LogP contribution is -2.53. The van der Waals surface area contributed by atoms with Crippen molar-refractivity contribution in [2.45, 2.75) is 58.6 Å². The van der Waals surface area contributed by atoms with E-state index >= 15 is 4.39 Å². The molecule has 0 saturated carbocycles. The molecule has 182 valence electrons. The molecule has 34 heavy (non-hydrogen) atoms. The highest BCUT2D eigenvalue weighted by molar-refractivity contribution is 5.71.